The molecule has 2 amide bonds. The second kappa shape index (κ2) is 10.5. The van der Waals surface area contributed by atoms with Crippen molar-refractivity contribution in [2.45, 2.75) is 26.8 Å². The molecule has 0 aromatic heterocycles. The minimum atomic E-state index is -0.233. The molecule has 0 saturated carbocycles. The lowest BCUT2D eigenvalue weighted by molar-refractivity contribution is -0.676. The molecule has 0 bridgehead atoms. The Labute approximate surface area is 183 Å². The summed E-state index contributed by atoms with van der Waals surface area (Å²) in [6.45, 7) is 6.13. The smallest absolute Gasteiger partial charge is 0.275 e. The van der Waals surface area contributed by atoms with E-state index in [4.69, 9.17) is 0 Å². The maximum absolute atomic E-state index is 12.4. The molecule has 0 aliphatic carbocycles. The van der Waals surface area contributed by atoms with Crippen molar-refractivity contribution in [2.75, 3.05) is 18.4 Å². The fraction of sp³-hybridized carbons (Fsp3) is 0.231. The predicted molar refractivity (Wildman–Crippen MR) is 124 cm³/mol. The van der Waals surface area contributed by atoms with Crippen molar-refractivity contribution in [2.24, 2.45) is 0 Å². The van der Waals surface area contributed by atoms with E-state index in [0.29, 0.717) is 0 Å². The number of carbonyl (C=O) groups excluding carboxylic acids is 2. The van der Waals surface area contributed by atoms with Crippen LogP contribution in [0.3, 0.4) is 0 Å². The number of anilines is 1. The maximum Gasteiger partial charge on any atom is 0.275 e. The first-order chi connectivity index (χ1) is 14.9. The molecule has 31 heavy (non-hydrogen) atoms. The highest BCUT2D eigenvalue weighted by Gasteiger charge is 2.19. The van der Waals surface area contributed by atoms with Gasteiger partial charge in [-0.3, -0.25) is 9.59 Å². The molecule has 5 heteroatoms. The first-order valence-corrected chi connectivity index (χ1v) is 10.5. The van der Waals surface area contributed by atoms with Gasteiger partial charge < -0.3 is 16.0 Å². The van der Waals surface area contributed by atoms with Gasteiger partial charge in [-0.15, -0.1) is 0 Å². The summed E-state index contributed by atoms with van der Waals surface area (Å²) in [5, 5.41) is 7.62. The zero-order chi connectivity index (χ0) is 22.2. The van der Waals surface area contributed by atoms with Crippen LogP contribution in [0.1, 0.15) is 33.9 Å². The van der Waals surface area contributed by atoms with Crippen LogP contribution in [0.4, 0.5) is 5.69 Å². The minimum absolute atomic E-state index is 0.0102. The number of nitrogens with one attached hydrogen (secondary N) is 2. The van der Waals surface area contributed by atoms with E-state index >= 15 is 0 Å². The highest BCUT2D eigenvalue weighted by atomic mass is 16.2. The first-order valence-electron chi connectivity index (χ1n) is 10.5. The highest BCUT2D eigenvalue weighted by Crippen LogP contribution is 2.19. The topological polar surface area (TPSA) is 74.8 Å². The van der Waals surface area contributed by atoms with Crippen molar-refractivity contribution < 1.29 is 14.9 Å². The molecule has 0 radical (unpaired) electrons. The summed E-state index contributed by atoms with van der Waals surface area (Å²) >= 11 is 0. The van der Waals surface area contributed by atoms with Crippen molar-refractivity contribution in [3.63, 3.8) is 0 Å². The van der Waals surface area contributed by atoms with Gasteiger partial charge in [0, 0.05) is 16.8 Å². The fourth-order valence-corrected chi connectivity index (χ4v) is 3.57. The van der Waals surface area contributed by atoms with E-state index in [9.17, 15) is 9.59 Å². The van der Waals surface area contributed by atoms with E-state index in [-0.39, 0.29) is 30.9 Å². The molecule has 0 aliphatic heterocycles. The van der Waals surface area contributed by atoms with E-state index in [1.165, 1.54) is 5.56 Å². The van der Waals surface area contributed by atoms with Gasteiger partial charge >= 0.3 is 0 Å². The van der Waals surface area contributed by atoms with Crippen LogP contribution in [-0.2, 0) is 9.59 Å². The lowest BCUT2D eigenvalue weighted by Crippen LogP contribution is -2.87. The SMILES string of the molecule is Cc1ccc([C@@H]([NH2+]CC(=O)NCC(=O)Nc2c(C)cccc2C)c2ccccc2)cc1. The van der Waals surface area contributed by atoms with Gasteiger partial charge in [0.15, 0.2) is 6.54 Å². The number of hydrogen-bond donors (Lipinski definition) is 3. The number of quaternary nitrogens is 1. The lowest BCUT2D eigenvalue weighted by atomic mass is 9.98. The Morgan fingerprint density at radius 1 is 0.774 bits per heavy atom. The van der Waals surface area contributed by atoms with Crippen molar-refractivity contribution in [1.29, 1.82) is 0 Å². The van der Waals surface area contributed by atoms with Gasteiger partial charge in [-0.05, 0) is 31.9 Å². The first kappa shape index (κ1) is 22.2. The van der Waals surface area contributed by atoms with Crippen molar-refractivity contribution in [3.8, 4) is 0 Å². The van der Waals surface area contributed by atoms with Crippen LogP contribution in [0, 0.1) is 20.8 Å². The number of aryl methyl sites for hydroxylation is 3. The third-order valence-electron chi connectivity index (χ3n) is 5.33. The van der Waals surface area contributed by atoms with Crippen LogP contribution < -0.4 is 16.0 Å². The molecule has 0 spiro atoms. The average Bonchev–Trinajstić information content (AvgIpc) is 2.77. The molecular formula is C26H30N3O2+. The Bertz CT molecular complexity index is 1010. The van der Waals surface area contributed by atoms with Gasteiger partial charge in [-0.2, -0.15) is 0 Å². The predicted octanol–water partition coefficient (Wildman–Crippen LogP) is 3.02. The zero-order valence-electron chi connectivity index (χ0n) is 18.3. The molecule has 0 fully saturated rings. The highest BCUT2D eigenvalue weighted by molar-refractivity contribution is 5.95. The Morgan fingerprint density at radius 2 is 1.39 bits per heavy atom. The molecular weight excluding hydrogens is 386 g/mol. The van der Waals surface area contributed by atoms with Gasteiger partial charge in [0.2, 0.25) is 5.91 Å². The molecule has 5 nitrogen and oxygen atoms in total. The molecule has 4 N–H and O–H groups in total. The monoisotopic (exact) mass is 416 g/mol. The summed E-state index contributed by atoms with van der Waals surface area (Å²) in [6, 6.07) is 24.3. The molecule has 0 saturated heterocycles. The van der Waals surface area contributed by atoms with Gasteiger partial charge in [0.1, 0.15) is 6.04 Å². The van der Waals surface area contributed by atoms with Gasteiger partial charge in [0.25, 0.3) is 5.91 Å². The normalized spacial score (nSPS) is 11.6. The van der Waals surface area contributed by atoms with E-state index in [1.54, 1.807) is 0 Å². The molecule has 1 atom stereocenters. The van der Waals surface area contributed by atoms with Crippen molar-refractivity contribution >= 4 is 17.5 Å². The number of nitrogens with two attached hydrogens (primary N) is 1. The second-order valence-electron chi connectivity index (χ2n) is 7.83. The maximum atomic E-state index is 12.4. The quantitative estimate of drug-likeness (QED) is 0.528. The summed E-state index contributed by atoms with van der Waals surface area (Å²) < 4.78 is 0. The molecule has 0 aliphatic rings. The molecule has 0 unspecified atom stereocenters. The number of carbonyl (C=O) groups is 2. The molecule has 3 aromatic carbocycles. The summed E-state index contributed by atoms with van der Waals surface area (Å²) in [4.78, 5) is 24.7. The Balaban J connectivity index is 1.57. The van der Waals surface area contributed by atoms with Crippen molar-refractivity contribution in [3.05, 3.63) is 101 Å². The van der Waals surface area contributed by atoms with E-state index in [2.05, 4.69) is 54.0 Å². The van der Waals surface area contributed by atoms with E-state index in [1.807, 2.05) is 55.6 Å². The number of amides is 2. The Hall–Kier alpha value is -3.44. The van der Waals surface area contributed by atoms with E-state index < -0.39 is 0 Å². The van der Waals surface area contributed by atoms with Crippen LogP contribution in [0.2, 0.25) is 0 Å². The van der Waals surface area contributed by atoms with Crippen LogP contribution in [-0.4, -0.2) is 24.9 Å². The summed E-state index contributed by atoms with van der Waals surface area (Å²) in [5.74, 6) is -0.409. The van der Waals surface area contributed by atoms with Gasteiger partial charge in [0.05, 0.1) is 6.54 Å². The summed E-state index contributed by atoms with van der Waals surface area (Å²) in [5.41, 5.74) is 6.26. The number of rotatable bonds is 8. The zero-order valence-corrected chi connectivity index (χ0v) is 18.3. The van der Waals surface area contributed by atoms with Gasteiger partial charge in [-0.1, -0.05) is 78.4 Å². The summed E-state index contributed by atoms with van der Waals surface area (Å²) in [6.07, 6.45) is 0. The minimum Gasteiger partial charge on any atom is -0.342 e. The largest absolute Gasteiger partial charge is 0.342 e. The lowest BCUT2D eigenvalue weighted by Gasteiger charge is -2.17. The van der Waals surface area contributed by atoms with Gasteiger partial charge in [-0.25, -0.2) is 0 Å². The number of benzene rings is 3. The summed E-state index contributed by atoms with van der Waals surface area (Å²) in [7, 11) is 0. The molecule has 3 aromatic rings. The average molecular weight is 417 g/mol. The van der Waals surface area contributed by atoms with Crippen LogP contribution in [0.5, 0.6) is 0 Å². The Morgan fingerprint density at radius 3 is 2.03 bits per heavy atom. The third-order valence-corrected chi connectivity index (χ3v) is 5.33. The molecule has 0 heterocycles. The Kier molecular flexibility index (Phi) is 7.57. The van der Waals surface area contributed by atoms with Crippen LogP contribution in [0.15, 0.2) is 72.8 Å². The molecule has 3 rings (SSSR count). The van der Waals surface area contributed by atoms with E-state index in [0.717, 1.165) is 27.9 Å². The molecule has 160 valence electrons. The standard InChI is InChI=1S/C26H29N3O2/c1-18-12-14-22(15-13-18)26(21-10-5-4-6-11-21)28-16-23(30)27-17-24(31)29-25-19(2)8-7-9-20(25)3/h4-15,26,28H,16-17H2,1-3H3,(H,27,30)(H,29,31)/p+1/t26-/m0/s1. The second-order valence-corrected chi connectivity index (χ2v) is 7.83. The third kappa shape index (κ3) is 6.27. The van der Waals surface area contributed by atoms with Crippen molar-refractivity contribution in [1.82, 2.24) is 5.32 Å². The van der Waals surface area contributed by atoms with Crippen LogP contribution >= 0.6 is 0 Å². The fourth-order valence-electron chi connectivity index (χ4n) is 3.57. The van der Waals surface area contributed by atoms with Crippen LogP contribution in [0.25, 0.3) is 0 Å². The number of hydrogen-bond acceptors (Lipinski definition) is 2. The number of para-hydroxylation sites is 1.